The van der Waals surface area contributed by atoms with Crippen molar-refractivity contribution in [3.63, 3.8) is 0 Å². The summed E-state index contributed by atoms with van der Waals surface area (Å²) in [4.78, 5) is 149. The third-order valence-electron chi connectivity index (χ3n) is 12.6. The zero-order chi connectivity index (χ0) is 60.2. The Balaban J connectivity index is 1.24. The second kappa shape index (κ2) is 38.4. The number of hydrogen-bond donors (Lipinski definition) is 10. The lowest BCUT2D eigenvalue weighted by atomic mass is 10.0. The largest absolute Gasteiger partial charge is 0.484 e. The molecule has 11 amide bonds. The lowest BCUT2D eigenvalue weighted by Gasteiger charge is -2.22. The number of amides is 11. The van der Waals surface area contributed by atoms with Gasteiger partial charge in [0.15, 0.2) is 6.61 Å². The van der Waals surface area contributed by atoms with E-state index >= 15 is 0 Å². The number of unbranched alkanes of at least 4 members (excludes halogenated alkanes) is 7. The van der Waals surface area contributed by atoms with Crippen LogP contribution in [0.1, 0.15) is 126 Å². The maximum atomic E-state index is 13.4. The number of carboxylic acids is 1. The number of imide groups is 1. The Morgan fingerprint density at radius 3 is 1.63 bits per heavy atom. The summed E-state index contributed by atoms with van der Waals surface area (Å²) in [6.07, 6.45) is 7.14. The average molecular weight is 1150 g/mol. The van der Waals surface area contributed by atoms with Gasteiger partial charge in [0, 0.05) is 103 Å². The molecule has 0 radical (unpaired) electrons. The fraction of sp³-hybridized carbons (Fsp3) is 0.527. The highest BCUT2D eigenvalue weighted by molar-refractivity contribution is 6.12. The molecule has 27 heteroatoms. The molecule has 0 saturated carbocycles. The molecule has 27 nitrogen and oxygen atoms in total. The van der Waals surface area contributed by atoms with Gasteiger partial charge in [-0.1, -0.05) is 36.4 Å². The fourth-order valence-corrected chi connectivity index (χ4v) is 7.95. The summed E-state index contributed by atoms with van der Waals surface area (Å²) in [6.45, 7) is 1.61. The van der Waals surface area contributed by atoms with E-state index in [1.54, 1.807) is 30.3 Å². The third kappa shape index (κ3) is 28.2. The van der Waals surface area contributed by atoms with Crippen molar-refractivity contribution in [3.8, 4) is 5.75 Å². The van der Waals surface area contributed by atoms with Gasteiger partial charge in [0.25, 0.3) is 23.6 Å². The van der Waals surface area contributed by atoms with Crippen molar-refractivity contribution in [1.29, 1.82) is 0 Å². The number of hydrogen-bond acceptors (Lipinski definition) is 16. The number of carbonyl (C=O) groups is 12. The van der Waals surface area contributed by atoms with Gasteiger partial charge in [0.1, 0.15) is 17.8 Å². The molecule has 2 atom stereocenters. The quantitative estimate of drug-likeness (QED) is 0.0194. The third-order valence-corrected chi connectivity index (χ3v) is 12.6. The number of carboxylic acid groups (broad SMARTS) is 1. The minimum Gasteiger partial charge on any atom is -0.484 e. The van der Waals surface area contributed by atoms with Crippen molar-refractivity contribution in [1.82, 2.24) is 52.0 Å². The zero-order valence-corrected chi connectivity index (χ0v) is 46.3. The topological polar surface area (TPSA) is 380 Å². The van der Waals surface area contributed by atoms with Gasteiger partial charge in [-0.25, -0.2) is 20.0 Å². The Bertz CT molecular complexity index is 2480. The van der Waals surface area contributed by atoms with Crippen molar-refractivity contribution in [2.24, 2.45) is 0 Å². The maximum Gasteiger partial charge on any atom is 0.326 e. The van der Waals surface area contributed by atoms with Crippen molar-refractivity contribution in [2.75, 3.05) is 59.0 Å². The van der Waals surface area contributed by atoms with E-state index in [-0.39, 0.29) is 107 Å². The van der Waals surface area contributed by atoms with Gasteiger partial charge in [-0.15, -0.1) is 0 Å². The second-order valence-electron chi connectivity index (χ2n) is 19.3. The number of carbonyl (C=O) groups excluding carboxylic acids is 11. The molecule has 82 heavy (non-hydrogen) atoms. The standard InChI is InChI=1S/C55H78N10O17/c1-39(66)63(79)32-12-3-9-28-56-45(67)22-24-51(73)64(80)33-13-4-10-29-57-46(68)23-25-52(74)65(81)34-14-5-11-30-58-48(70)38-82-42-20-16-19-41(36-42)53(75)59-37-47(69)60-44(35-40-17-6-2-7-18-40)54(76)61-43(55(77)78)21-8-15-31-62-49(71)26-27-50(62)72/h2,6-7,16-20,26-27,36,43-44,79-81H,3-5,8-15,21-25,28-35,37-38H2,1H3,(H,56,67)(H,57,68)(H,58,70)(H,59,75)(H,60,69)(H,61,76)(H,77,78)/t43-,44-/m0/s1. The summed E-state index contributed by atoms with van der Waals surface area (Å²) < 4.78 is 5.56. The highest BCUT2D eigenvalue weighted by Gasteiger charge is 2.28. The molecule has 1 heterocycles. The Morgan fingerprint density at radius 1 is 0.561 bits per heavy atom. The van der Waals surface area contributed by atoms with Gasteiger partial charge in [0.2, 0.25) is 41.4 Å². The average Bonchev–Trinajstić information content (AvgIpc) is 3.78. The Kier molecular flexibility index (Phi) is 31.8. The molecule has 1 aliphatic heterocycles. The van der Waals surface area contributed by atoms with E-state index in [1.807, 2.05) is 0 Å². The van der Waals surface area contributed by atoms with E-state index < -0.39 is 77.8 Å². The lowest BCUT2D eigenvalue weighted by molar-refractivity contribution is -0.166. The van der Waals surface area contributed by atoms with E-state index in [0.29, 0.717) is 98.1 Å². The monoisotopic (exact) mass is 1150 g/mol. The van der Waals surface area contributed by atoms with Gasteiger partial charge < -0.3 is 41.7 Å². The molecule has 0 unspecified atom stereocenters. The minimum absolute atomic E-state index is 0.00166. The molecular formula is C55H78N10O17. The zero-order valence-electron chi connectivity index (χ0n) is 46.3. The smallest absolute Gasteiger partial charge is 0.326 e. The van der Waals surface area contributed by atoms with E-state index in [9.17, 15) is 78.3 Å². The van der Waals surface area contributed by atoms with E-state index in [0.717, 1.165) is 17.1 Å². The van der Waals surface area contributed by atoms with Crippen molar-refractivity contribution >= 4 is 70.9 Å². The molecular weight excluding hydrogens is 1070 g/mol. The fourth-order valence-electron chi connectivity index (χ4n) is 7.95. The highest BCUT2D eigenvalue weighted by Crippen LogP contribution is 2.14. The Morgan fingerprint density at radius 2 is 1.10 bits per heavy atom. The summed E-state index contributed by atoms with van der Waals surface area (Å²) in [5.74, 6) is -7.09. The van der Waals surface area contributed by atoms with Gasteiger partial charge in [-0.05, 0) is 101 Å². The minimum atomic E-state index is -1.34. The van der Waals surface area contributed by atoms with E-state index in [4.69, 9.17) is 4.74 Å². The molecule has 0 fully saturated rings. The van der Waals surface area contributed by atoms with Crippen LogP contribution in [0.4, 0.5) is 0 Å². The summed E-state index contributed by atoms with van der Waals surface area (Å²) >= 11 is 0. The van der Waals surface area contributed by atoms with Crippen LogP contribution in [0.3, 0.4) is 0 Å². The maximum absolute atomic E-state index is 13.4. The number of nitrogens with zero attached hydrogens (tertiary/aromatic N) is 4. The number of rotatable bonds is 41. The van der Waals surface area contributed by atoms with Crippen LogP contribution in [0.5, 0.6) is 5.75 Å². The van der Waals surface area contributed by atoms with Crippen LogP contribution in [-0.4, -0.2) is 183 Å². The van der Waals surface area contributed by atoms with Crippen LogP contribution >= 0.6 is 0 Å². The first-order valence-corrected chi connectivity index (χ1v) is 27.4. The molecule has 10 N–H and O–H groups in total. The molecule has 0 aliphatic carbocycles. The molecule has 3 rings (SSSR count). The predicted molar refractivity (Wildman–Crippen MR) is 291 cm³/mol. The molecule has 450 valence electrons. The molecule has 0 bridgehead atoms. The molecule has 2 aromatic rings. The molecule has 1 aliphatic rings. The molecule has 0 aromatic heterocycles. The number of ether oxygens (including phenoxy) is 1. The highest BCUT2D eigenvalue weighted by atomic mass is 16.5. The first-order chi connectivity index (χ1) is 39.2. The number of benzene rings is 2. The normalized spacial score (nSPS) is 12.4. The number of nitrogens with one attached hydrogen (secondary N) is 6. The number of hydroxylamine groups is 6. The van der Waals surface area contributed by atoms with Crippen molar-refractivity contribution < 1.29 is 83.0 Å². The summed E-state index contributed by atoms with van der Waals surface area (Å²) in [5, 5.41) is 56.6. The van der Waals surface area contributed by atoms with Crippen molar-refractivity contribution in [2.45, 2.75) is 128 Å². The number of aliphatic carboxylic acids is 1. The summed E-state index contributed by atoms with van der Waals surface area (Å²) in [5.41, 5.74) is 0.761. The van der Waals surface area contributed by atoms with Gasteiger partial charge in [0.05, 0.1) is 6.54 Å². The predicted octanol–water partition coefficient (Wildman–Crippen LogP) is 1.28. The second-order valence-corrected chi connectivity index (χ2v) is 19.3. The van der Waals surface area contributed by atoms with Crippen LogP contribution in [0, 0.1) is 0 Å². The molecule has 0 spiro atoms. The Hall–Kier alpha value is -8.30. The molecule has 2 aromatic carbocycles. The summed E-state index contributed by atoms with van der Waals surface area (Å²) in [6, 6.07) is 12.0. The van der Waals surface area contributed by atoms with Crippen LogP contribution < -0.4 is 36.6 Å². The van der Waals surface area contributed by atoms with Crippen LogP contribution in [0.2, 0.25) is 0 Å². The first-order valence-electron chi connectivity index (χ1n) is 27.4. The van der Waals surface area contributed by atoms with Crippen molar-refractivity contribution in [3.05, 3.63) is 77.9 Å². The lowest BCUT2D eigenvalue weighted by Crippen LogP contribution is -2.54. The SMILES string of the molecule is CC(=O)N(O)CCCCCNC(=O)CCC(=O)N(O)CCCCCNC(=O)CCC(=O)N(O)CCCCCNC(=O)COc1cccc(C(=O)NCC(=O)N[C@@H](Cc2ccccc2)C(=O)N[C@@H](CCCCN2C(=O)C=CC2=O)C(=O)O)c1. The first kappa shape index (κ1) is 68.0. The van der Waals surface area contributed by atoms with Gasteiger partial charge in [-0.3, -0.25) is 73.3 Å². The van der Waals surface area contributed by atoms with Gasteiger partial charge in [-0.2, -0.15) is 0 Å². The van der Waals surface area contributed by atoms with Crippen LogP contribution in [0.15, 0.2) is 66.7 Å². The Labute approximate surface area is 475 Å². The van der Waals surface area contributed by atoms with E-state index in [1.165, 1.54) is 31.2 Å². The molecule has 0 saturated heterocycles. The van der Waals surface area contributed by atoms with Gasteiger partial charge >= 0.3 is 5.97 Å². The van der Waals surface area contributed by atoms with Crippen LogP contribution in [0.25, 0.3) is 0 Å². The van der Waals surface area contributed by atoms with Crippen LogP contribution in [-0.2, 0) is 59.2 Å². The summed E-state index contributed by atoms with van der Waals surface area (Å²) in [7, 11) is 0. The van der Waals surface area contributed by atoms with E-state index in [2.05, 4.69) is 31.9 Å².